The molecule has 1 aliphatic rings. The number of aromatic amines is 1. The zero-order valence-electron chi connectivity index (χ0n) is 17.2. The highest BCUT2D eigenvalue weighted by atomic mass is 16.5. The van der Waals surface area contributed by atoms with Crippen LogP contribution in [0.4, 0.5) is 0 Å². The number of esters is 1. The van der Waals surface area contributed by atoms with Gasteiger partial charge in [0.15, 0.2) is 0 Å². The van der Waals surface area contributed by atoms with E-state index in [1.807, 2.05) is 36.2 Å². The molecule has 1 aromatic heterocycles. The second kappa shape index (κ2) is 10.2. The molecule has 1 N–H and O–H groups in total. The second-order valence-corrected chi connectivity index (χ2v) is 7.87. The molecule has 0 aliphatic carbocycles. The summed E-state index contributed by atoms with van der Waals surface area (Å²) in [7, 11) is 0. The highest BCUT2D eigenvalue weighted by Gasteiger charge is 2.44. The fraction of sp³-hybridized carbons (Fsp3) is 0.522. The molecular formula is C23H31N3O3. The Labute approximate surface area is 172 Å². The van der Waals surface area contributed by atoms with Crippen LogP contribution < -0.4 is 0 Å². The van der Waals surface area contributed by atoms with E-state index in [1.165, 1.54) is 5.56 Å². The molecule has 156 valence electrons. The number of likely N-dealkylation sites (tertiary alicyclic amines) is 1. The zero-order chi connectivity index (χ0) is 20.5. The first-order valence-electron chi connectivity index (χ1n) is 10.6. The number of carbonyl (C=O) groups is 2. The Morgan fingerprint density at radius 2 is 2.03 bits per heavy atom. The smallest absolute Gasteiger partial charge is 0.313 e. The molecule has 2 heterocycles. The minimum absolute atomic E-state index is 0.0997. The number of piperidine rings is 1. The standard InChI is InChI=1S/C23H31N3O3/c1-2-29-22(28)23(13-6-10-19-8-4-3-5-9-19)14-7-15-26(18-23)21(27)12-11-20-16-24-25-17-20/h3-5,8-9,16-17H,2,6-7,10-15,18H2,1H3,(H,24,25). The highest BCUT2D eigenvalue weighted by Crippen LogP contribution is 2.37. The molecule has 3 rings (SSSR count). The Bertz CT molecular complexity index is 776. The molecule has 1 aliphatic heterocycles. The fourth-order valence-corrected chi connectivity index (χ4v) is 4.20. The van der Waals surface area contributed by atoms with Crippen LogP contribution in [0.2, 0.25) is 0 Å². The molecule has 1 unspecified atom stereocenters. The van der Waals surface area contributed by atoms with Crippen LogP contribution in [0.25, 0.3) is 0 Å². The lowest BCUT2D eigenvalue weighted by atomic mass is 9.75. The molecule has 0 saturated carbocycles. The number of benzene rings is 1. The van der Waals surface area contributed by atoms with Crippen molar-refractivity contribution in [2.24, 2.45) is 5.41 Å². The summed E-state index contributed by atoms with van der Waals surface area (Å²) in [4.78, 5) is 27.6. The lowest BCUT2D eigenvalue weighted by molar-refractivity contribution is -0.161. The Morgan fingerprint density at radius 1 is 1.21 bits per heavy atom. The quantitative estimate of drug-likeness (QED) is 0.657. The van der Waals surface area contributed by atoms with Crippen LogP contribution in [0, 0.1) is 5.41 Å². The van der Waals surface area contributed by atoms with E-state index in [-0.39, 0.29) is 11.9 Å². The SMILES string of the molecule is CCOC(=O)C1(CCCc2ccccc2)CCCN(C(=O)CCc2cn[nH]c2)C1. The van der Waals surface area contributed by atoms with Gasteiger partial charge in [0.1, 0.15) is 0 Å². The van der Waals surface area contributed by atoms with E-state index in [9.17, 15) is 9.59 Å². The Morgan fingerprint density at radius 3 is 2.76 bits per heavy atom. The van der Waals surface area contributed by atoms with Crippen molar-refractivity contribution in [2.75, 3.05) is 19.7 Å². The van der Waals surface area contributed by atoms with E-state index in [4.69, 9.17) is 4.74 Å². The Kier molecular flexibility index (Phi) is 7.44. The third kappa shape index (κ3) is 5.68. The summed E-state index contributed by atoms with van der Waals surface area (Å²) in [5.74, 6) is -0.0528. The molecule has 0 radical (unpaired) electrons. The summed E-state index contributed by atoms with van der Waals surface area (Å²) in [6.45, 7) is 3.38. The van der Waals surface area contributed by atoms with E-state index in [2.05, 4.69) is 22.3 Å². The van der Waals surface area contributed by atoms with Crippen molar-refractivity contribution >= 4 is 11.9 Å². The number of aryl methyl sites for hydroxylation is 2. The van der Waals surface area contributed by atoms with Gasteiger partial charge in [0.05, 0.1) is 18.2 Å². The zero-order valence-corrected chi connectivity index (χ0v) is 17.2. The van der Waals surface area contributed by atoms with E-state index in [1.54, 1.807) is 6.20 Å². The molecule has 1 amide bonds. The van der Waals surface area contributed by atoms with Crippen molar-refractivity contribution in [1.29, 1.82) is 0 Å². The molecule has 29 heavy (non-hydrogen) atoms. The number of carbonyl (C=O) groups excluding carboxylic acids is 2. The number of rotatable bonds is 9. The van der Waals surface area contributed by atoms with Gasteiger partial charge in [-0.3, -0.25) is 14.7 Å². The van der Waals surface area contributed by atoms with E-state index in [0.29, 0.717) is 32.5 Å². The van der Waals surface area contributed by atoms with Gasteiger partial charge in [0, 0.05) is 25.7 Å². The molecule has 6 nitrogen and oxygen atoms in total. The summed E-state index contributed by atoms with van der Waals surface area (Å²) < 4.78 is 5.45. The van der Waals surface area contributed by atoms with Crippen molar-refractivity contribution in [3.05, 3.63) is 53.9 Å². The largest absolute Gasteiger partial charge is 0.466 e. The number of hydrogen-bond acceptors (Lipinski definition) is 4. The lowest BCUT2D eigenvalue weighted by Crippen LogP contribution is -2.50. The average molecular weight is 398 g/mol. The fourth-order valence-electron chi connectivity index (χ4n) is 4.20. The van der Waals surface area contributed by atoms with Crippen LogP contribution in [0.15, 0.2) is 42.7 Å². The van der Waals surface area contributed by atoms with Crippen LogP contribution in [-0.2, 0) is 27.2 Å². The highest BCUT2D eigenvalue weighted by molar-refractivity contribution is 5.81. The van der Waals surface area contributed by atoms with Crippen molar-refractivity contribution in [3.63, 3.8) is 0 Å². The molecular weight excluding hydrogens is 366 g/mol. The molecule has 1 saturated heterocycles. The number of nitrogens with zero attached hydrogens (tertiary/aromatic N) is 2. The van der Waals surface area contributed by atoms with Gasteiger partial charge in [0.2, 0.25) is 5.91 Å². The summed E-state index contributed by atoms with van der Waals surface area (Å²) >= 11 is 0. The van der Waals surface area contributed by atoms with Gasteiger partial charge in [0.25, 0.3) is 0 Å². The average Bonchev–Trinajstić information content (AvgIpc) is 3.27. The van der Waals surface area contributed by atoms with Crippen LogP contribution in [0.3, 0.4) is 0 Å². The van der Waals surface area contributed by atoms with Crippen molar-refractivity contribution in [1.82, 2.24) is 15.1 Å². The van der Waals surface area contributed by atoms with Gasteiger partial charge in [-0.15, -0.1) is 0 Å². The van der Waals surface area contributed by atoms with Crippen molar-refractivity contribution < 1.29 is 14.3 Å². The normalized spacial score (nSPS) is 19.1. The minimum atomic E-state index is -0.589. The van der Waals surface area contributed by atoms with Gasteiger partial charge < -0.3 is 9.64 Å². The van der Waals surface area contributed by atoms with Crippen LogP contribution in [0.1, 0.15) is 50.2 Å². The first-order chi connectivity index (χ1) is 14.1. The Hall–Kier alpha value is -2.63. The molecule has 6 heteroatoms. The van der Waals surface area contributed by atoms with E-state index < -0.39 is 5.41 Å². The third-order valence-electron chi connectivity index (χ3n) is 5.78. The van der Waals surface area contributed by atoms with Gasteiger partial charge in [-0.1, -0.05) is 30.3 Å². The molecule has 1 fully saturated rings. The van der Waals surface area contributed by atoms with E-state index >= 15 is 0 Å². The number of nitrogens with one attached hydrogen (secondary N) is 1. The van der Waals surface area contributed by atoms with Crippen LogP contribution in [-0.4, -0.2) is 46.7 Å². The van der Waals surface area contributed by atoms with Gasteiger partial charge >= 0.3 is 5.97 Å². The van der Waals surface area contributed by atoms with Crippen molar-refractivity contribution in [3.8, 4) is 0 Å². The van der Waals surface area contributed by atoms with Crippen LogP contribution >= 0.6 is 0 Å². The monoisotopic (exact) mass is 397 g/mol. The maximum atomic E-state index is 12.9. The molecule has 0 spiro atoms. The lowest BCUT2D eigenvalue weighted by Gasteiger charge is -2.41. The Balaban J connectivity index is 1.62. The van der Waals surface area contributed by atoms with Gasteiger partial charge in [-0.25, -0.2) is 0 Å². The summed E-state index contributed by atoms with van der Waals surface area (Å²) in [6.07, 6.45) is 8.84. The predicted molar refractivity (Wildman–Crippen MR) is 111 cm³/mol. The minimum Gasteiger partial charge on any atom is -0.466 e. The predicted octanol–water partition coefficient (Wildman–Crippen LogP) is 3.54. The number of aromatic nitrogens is 2. The molecule has 0 bridgehead atoms. The van der Waals surface area contributed by atoms with E-state index in [0.717, 1.165) is 37.7 Å². The van der Waals surface area contributed by atoms with Gasteiger partial charge in [-0.2, -0.15) is 5.10 Å². The summed E-state index contributed by atoms with van der Waals surface area (Å²) in [6, 6.07) is 10.3. The van der Waals surface area contributed by atoms with Gasteiger partial charge in [-0.05, 0) is 56.6 Å². The summed E-state index contributed by atoms with van der Waals surface area (Å²) in [5, 5.41) is 6.70. The molecule has 1 aromatic carbocycles. The summed E-state index contributed by atoms with van der Waals surface area (Å²) in [5.41, 5.74) is 1.71. The maximum absolute atomic E-state index is 12.9. The number of H-pyrrole nitrogens is 1. The number of amides is 1. The number of ether oxygens (including phenoxy) is 1. The first kappa shape index (κ1) is 21.1. The molecule has 2 aromatic rings. The second-order valence-electron chi connectivity index (χ2n) is 7.87. The van der Waals surface area contributed by atoms with Crippen LogP contribution in [0.5, 0.6) is 0 Å². The number of hydrogen-bond donors (Lipinski definition) is 1. The first-order valence-corrected chi connectivity index (χ1v) is 10.6. The topological polar surface area (TPSA) is 75.3 Å². The third-order valence-corrected chi connectivity index (χ3v) is 5.78. The molecule has 1 atom stereocenters. The maximum Gasteiger partial charge on any atom is 0.313 e. The van der Waals surface area contributed by atoms with Crippen molar-refractivity contribution in [2.45, 2.75) is 51.9 Å².